The Kier molecular flexibility index (Phi) is 16.7. The molecular formula is C24H52N3O3PS. The van der Waals surface area contributed by atoms with Gasteiger partial charge in [-0.25, -0.2) is 9.34 Å². The number of carbonyl (C=O) groups is 1. The highest BCUT2D eigenvalue weighted by molar-refractivity contribution is 8.13. The number of nitrogens with zero attached hydrogens (tertiary/aromatic N) is 2. The minimum Gasteiger partial charge on any atom is -0.370 e. The molecule has 0 radical (unpaired) electrons. The number of hydrogen-bond donors (Lipinski definition) is 1. The average Bonchev–Trinajstić information content (AvgIpc) is 2.70. The summed E-state index contributed by atoms with van der Waals surface area (Å²) in [7, 11) is -0.860. The first-order valence-electron chi connectivity index (χ1n) is 12.5. The monoisotopic (exact) mass is 493 g/mol. The molecule has 0 aromatic heterocycles. The second kappa shape index (κ2) is 16.7. The van der Waals surface area contributed by atoms with Crippen molar-refractivity contribution in [2.45, 2.75) is 132 Å². The van der Waals surface area contributed by atoms with Crippen molar-refractivity contribution in [2.75, 3.05) is 19.2 Å². The van der Waals surface area contributed by atoms with Crippen molar-refractivity contribution in [3.05, 3.63) is 0 Å². The fourth-order valence-electron chi connectivity index (χ4n) is 3.96. The van der Waals surface area contributed by atoms with E-state index in [1.807, 2.05) is 0 Å². The van der Waals surface area contributed by atoms with E-state index in [4.69, 9.17) is 9.26 Å². The maximum absolute atomic E-state index is 12.3. The van der Waals surface area contributed by atoms with E-state index in [1.165, 1.54) is 11.8 Å². The minimum absolute atomic E-state index is 0.00402. The summed E-state index contributed by atoms with van der Waals surface area (Å²) < 4.78 is 17.2. The van der Waals surface area contributed by atoms with E-state index >= 15 is 0 Å². The highest BCUT2D eigenvalue weighted by atomic mass is 32.2. The van der Waals surface area contributed by atoms with Gasteiger partial charge in [0.25, 0.3) is 5.24 Å². The number of amides is 1. The Bertz CT molecular complexity index is 459. The van der Waals surface area contributed by atoms with Gasteiger partial charge in [-0.2, -0.15) is 0 Å². The number of thioether (sulfide) groups is 1. The van der Waals surface area contributed by atoms with Crippen LogP contribution in [0.4, 0.5) is 4.79 Å². The summed E-state index contributed by atoms with van der Waals surface area (Å²) in [5.74, 6) is 0.377. The normalized spacial score (nSPS) is 13.1. The third kappa shape index (κ3) is 11.0. The summed E-state index contributed by atoms with van der Waals surface area (Å²) >= 11 is 1.21. The standard InChI is InChI=1S/C24H52N3O3PS/c1-12-24(13-2,14-3)25-23(28)32-18-29-16-15-17-30-31(26(19(4)5)20(6)7)27(21(8)9)22(10)11/h19-22H,12-18H2,1-11H3,(H,25,28). The van der Waals surface area contributed by atoms with E-state index in [0.717, 1.165) is 25.7 Å². The van der Waals surface area contributed by atoms with E-state index in [0.29, 0.717) is 43.3 Å². The molecule has 0 fully saturated rings. The fraction of sp³-hybridized carbons (Fsp3) is 0.958. The lowest BCUT2D eigenvalue weighted by atomic mass is 9.90. The molecule has 1 amide bonds. The Balaban J connectivity index is 4.62. The summed E-state index contributed by atoms with van der Waals surface area (Å²) in [5.41, 5.74) is -0.0908. The Morgan fingerprint density at radius 2 is 1.28 bits per heavy atom. The van der Waals surface area contributed by atoms with Crippen LogP contribution in [0.1, 0.15) is 102 Å². The summed E-state index contributed by atoms with van der Waals surface area (Å²) in [6.07, 6.45) is 3.65. The molecule has 6 nitrogen and oxygen atoms in total. The zero-order valence-corrected chi connectivity index (χ0v) is 24.4. The predicted octanol–water partition coefficient (Wildman–Crippen LogP) is 7.24. The Morgan fingerprint density at radius 1 is 0.844 bits per heavy atom. The predicted molar refractivity (Wildman–Crippen MR) is 142 cm³/mol. The van der Waals surface area contributed by atoms with Crippen LogP contribution < -0.4 is 5.32 Å². The molecule has 0 atom stereocenters. The van der Waals surface area contributed by atoms with Crippen molar-refractivity contribution in [1.82, 2.24) is 14.7 Å². The number of rotatable bonds is 17. The van der Waals surface area contributed by atoms with Crippen LogP contribution in [0.25, 0.3) is 0 Å². The zero-order valence-electron chi connectivity index (χ0n) is 22.7. The number of hydrogen-bond acceptors (Lipinski definition) is 6. The van der Waals surface area contributed by atoms with Gasteiger partial charge in [0.05, 0.1) is 6.61 Å². The van der Waals surface area contributed by atoms with Gasteiger partial charge in [0.2, 0.25) is 0 Å². The second-order valence-electron chi connectivity index (χ2n) is 9.50. The van der Waals surface area contributed by atoms with Crippen LogP contribution in [0.2, 0.25) is 0 Å². The van der Waals surface area contributed by atoms with Crippen molar-refractivity contribution in [3.8, 4) is 0 Å². The molecule has 32 heavy (non-hydrogen) atoms. The largest absolute Gasteiger partial charge is 0.370 e. The highest BCUT2D eigenvalue weighted by Crippen LogP contribution is 2.50. The van der Waals surface area contributed by atoms with Crippen molar-refractivity contribution >= 4 is 25.5 Å². The van der Waals surface area contributed by atoms with Gasteiger partial charge in [-0.15, -0.1) is 0 Å². The molecule has 0 aromatic rings. The van der Waals surface area contributed by atoms with E-state index in [2.05, 4.69) is 90.8 Å². The molecule has 8 heteroatoms. The summed E-state index contributed by atoms with van der Waals surface area (Å²) in [6.45, 7) is 25.6. The summed E-state index contributed by atoms with van der Waals surface area (Å²) in [4.78, 5) is 12.3. The molecule has 0 aliphatic carbocycles. The van der Waals surface area contributed by atoms with Gasteiger partial charge in [-0.1, -0.05) is 20.8 Å². The molecular weight excluding hydrogens is 441 g/mol. The molecule has 0 aliphatic rings. The van der Waals surface area contributed by atoms with Gasteiger partial charge in [0.1, 0.15) is 5.94 Å². The lowest BCUT2D eigenvalue weighted by molar-refractivity contribution is 0.145. The maximum Gasteiger partial charge on any atom is 0.281 e. The van der Waals surface area contributed by atoms with Crippen molar-refractivity contribution in [1.29, 1.82) is 0 Å². The lowest BCUT2D eigenvalue weighted by Gasteiger charge is -2.45. The second-order valence-corrected chi connectivity index (χ2v) is 12.1. The fourth-order valence-corrected chi connectivity index (χ4v) is 6.94. The molecule has 0 aromatic carbocycles. The van der Waals surface area contributed by atoms with Crippen molar-refractivity contribution < 1.29 is 14.1 Å². The Hall–Kier alpha value is 0.0900. The van der Waals surface area contributed by atoms with Gasteiger partial charge in [-0.3, -0.25) is 4.79 Å². The van der Waals surface area contributed by atoms with Gasteiger partial charge < -0.3 is 14.6 Å². The van der Waals surface area contributed by atoms with E-state index in [9.17, 15) is 4.79 Å². The number of carbonyl (C=O) groups excluding carboxylic acids is 1. The summed E-state index contributed by atoms with van der Waals surface area (Å²) in [6, 6.07) is 1.64. The van der Waals surface area contributed by atoms with E-state index in [-0.39, 0.29) is 10.8 Å². The molecule has 0 unspecified atom stereocenters. The van der Waals surface area contributed by atoms with Crippen molar-refractivity contribution in [2.24, 2.45) is 0 Å². The number of ether oxygens (including phenoxy) is 1. The quantitative estimate of drug-likeness (QED) is 0.131. The molecule has 0 bridgehead atoms. The van der Waals surface area contributed by atoms with Crippen LogP contribution in [0.3, 0.4) is 0 Å². The molecule has 192 valence electrons. The van der Waals surface area contributed by atoms with Gasteiger partial charge in [0, 0.05) is 36.3 Å². The van der Waals surface area contributed by atoms with E-state index in [1.54, 1.807) is 0 Å². The minimum atomic E-state index is -0.860. The van der Waals surface area contributed by atoms with Gasteiger partial charge in [0.15, 0.2) is 8.45 Å². The molecule has 0 rings (SSSR count). The molecule has 0 saturated heterocycles. The highest BCUT2D eigenvalue weighted by Gasteiger charge is 2.34. The van der Waals surface area contributed by atoms with Crippen LogP contribution in [0, 0.1) is 0 Å². The molecule has 0 saturated carbocycles. The van der Waals surface area contributed by atoms with Crippen LogP contribution in [-0.2, 0) is 9.26 Å². The zero-order chi connectivity index (χ0) is 24.9. The summed E-state index contributed by atoms with van der Waals surface area (Å²) in [5, 5.41) is 3.18. The maximum atomic E-state index is 12.3. The SMILES string of the molecule is CCC(CC)(CC)NC(=O)SCOCCCOP(N(C(C)C)C(C)C)N(C(C)C)C(C)C. The first-order chi connectivity index (χ1) is 15.0. The molecule has 1 N–H and O–H groups in total. The number of nitrogens with one attached hydrogen (secondary N) is 1. The topological polar surface area (TPSA) is 54.0 Å². The van der Waals surface area contributed by atoms with Crippen molar-refractivity contribution in [3.63, 3.8) is 0 Å². The van der Waals surface area contributed by atoms with Crippen LogP contribution in [0.15, 0.2) is 0 Å². The third-order valence-corrected chi connectivity index (χ3v) is 9.52. The lowest BCUT2D eigenvalue weighted by Crippen LogP contribution is -2.45. The Labute approximate surface area is 204 Å². The molecule has 0 aliphatic heterocycles. The smallest absolute Gasteiger partial charge is 0.281 e. The van der Waals surface area contributed by atoms with Gasteiger partial charge in [-0.05, 0) is 92.8 Å². The van der Waals surface area contributed by atoms with Crippen LogP contribution in [0.5, 0.6) is 0 Å². The van der Waals surface area contributed by atoms with Crippen LogP contribution >= 0.6 is 20.2 Å². The van der Waals surface area contributed by atoms with E-state index < -0.39 is 8.45 Å². The van der Waals surface area contributed by atoms with Crippen LogP contribution in [-0.4, -0.2) is 63.4 Å². The Morgan fingerprint density at radius 3 is 1.66 bits per heavy atom. The first kappa shape index (κ1) is 32.1. The first-order valence-corrected chi connectivity index (χ1v) is 14.6. The van der Waals surface area contributed by atoms with Gasteiger partial charge >= 0.3 is 0 Å². The molecule has 0 heterocycles. The third-order valence-electron chi connectivity index (χ3n) is 5.82. The molecule has 0 spiro atoms. The average molecular weight is 494 g/mol.